The number of carboxylic acids is 1. The molecule has 1 aromatic rings. The minimum Gasteiger partial charge on any atom is -0.478 e. The average Bonchev–Trinajstić information content (AvgIpc) is 2.48. The summed E-state index contributed by atoms with van der Waals surface area (Å²) in [5.74, 6) is -1.12. The van der Waals surface area contributed by atoms with Crippen molar-refractivity contribution < 1.29 is 14.7 Å². The van der Waals surface area contributed by atoms with Gasteiger partial charge in [-0.25, -0.2) is 4.79 Å². The van der Waals surface area contributed by atoms with Crippen LogP contribution in [-0.4, -0.2) is 16.9 Å². The SMILES string of the molecule is Cc1cc2c(cc1C(=O)C=CC=CC(=O)O)C(C)(C)CCC2(C)C. The molecule has 0 aliphatic heterocycles. The van der Waals surface area contributed by atoms with Crippen LogP contribution in [-0.2, 0) is 15.6 Å². The Balaban J connectivity index is 2.44. The largest absolute Gasteiger partial charge is 0.478 e. The van der Waals surface area contributed by atoms with Gasteiger partial charge in [0, 0.05) is 11.6 Å². The Morgan fingerprint density at radius 3 is 2.00 bits per heavy atom. The number of aryl methyl sites for hydroxylation is 1. The van der Waals surface area contributed by atoms with Gasteiger partial charge in [-0.2, -0.15) is 0 Å². The van der Waals surface area contributed by atoms with Crippen LogP contribution in [0.1, 0.15) is 67.6 Å². The number of fused-ring (bicyclic) bond motifs is 1. The summed E-state index contributed by atoms with van der Waals surface area (Å²) in [6.07, 6.45) is 7.51. The second-order valence-corrected chi connectivity index (χ2v) is 7.90. The molecule has 1 aliphatic rings. The monoisotopic (exact) mass is 326 g/mol. The molecule has 0 spiro atoms. The summed E-state index contributed by atoms with van der Waals surface area (Å²) in [5, 5.41) is 8.57. The number of ketones is 1. The van der Waals surface area contributed by atoms with Crippen LogP contribution in [0.5, 0.6) is 0 Å². The molecule has 128 valence electrons. The fraction of sp³-hybridized carbons (Fsp3) is 0.429. The first-order chi connectivity index (χ1) is 11.0. The predicted molar refractivity (Wildman–Crippen MR) is 96.7 cm³/mol. The highest BCUT2D eigenvalue weighted by Gasteiger charge is 2.37. The number of allylic oxidation sites excluding steroid dienone is 3. The molecule has 0 heterocycles. The number of hydrogen-bond acceptors (Lipinski definition) is 2. The van der Waals surface area contributed by atoms with Gasteiger partial charge in [-0.15, -0.1) is 0 Å². The number of hydrogen-bond donors (Lipinski definition) is 1. The van der Waals surface area contributed by atoms with E-state index >= 15 is 0 Å². The molecular formula is C21H26O3. The zero-order valence-corrected chi connectivity index (χ0v) is 15.1. The fourth-order valence-electron chi connectivity index (χ4n) is 3.36. The Bertz CT molecular complexity index is 734. The van der Waals surface area contributed by atoms with Crippen LogP contribution in [0, 0.1) is 6.92 Å². The highest BCUT2D eigenvalue weighted by atomic mass is 16.4. The zero-order valence-electron chi connectivity index (χ0n) is 15.1. The smallest absolute Gasteiger partial charge is 0.328 e. The maximum absolute atomic E-state index is 12.5. The van der Waals surface area contributed by atoms with Gasteiger partial charge in [0.1, 0.15) is 0 Å². The summed E-state index contributed by atoms with van der Waals surface area (Å²) in [4.78, 5) is 23.0. The third-order valence-electron chi connectivity index (χ3n) is 5.06. The van der Waals surface area contributed by atoms with E-state index in [-0.39, 0.29) is 16.6 Å². The van der Waals surface area contributed by atoms with Gasteiger partial charge in [-0.1, -0.05) is 45.9 Å². The van der Waals surface area contributed by atoms with Crippen molar-refractivity contribution >= 4 is 11.8 Å². The van der Waals surface area contributed by atoms with Crippen LogP contribution in [0.4, 0.5) is 0 Å². The molecule has 24 heavy (non-hydrogen) atoms. The van der Waals surface area contributed by atoms with Crippen molar-refractivity contribution in [2.24, 2.45) is 0 Å². The molecule has 2 rings (SSSR count). The first kappa shape index (κ1) is 18.2. The van der Waals surface area contributed by atoms with Gasteiger partial charge in [0.25, 0.3) is 0 Å². The average molecular weight is 326 g/mol. The number of carbonyl (C=O) groups is 2. The third-order valence-corrected chi connectivity index (χ3v) is 5.06. The lowest BCUT2D eigenvalue weighted by atomic mass is 9.62. The van der Waals surface area contributed by atoms with Gasteiger partial charge in [-0.3, -0.25) is 4.79 Å². The molecule has 3 nitrogen and oxygen atoms in total. The molecule has 0 bridgehead atoms. The van der Waals surface area contributed by atoms with Crippen LogP contribution in [0.15, 0.2) is 36.4 Å². The number of benzene rings is 1. The van der Waals surface area contributed by atoms with Crippen LogP contribution in [0.2, 0.25) is 0 Å². The predicted octanol–water partition coefficient (Wildman–Crippen LogP) is 4.72. The zero-order chi connectivity index (χ0) is 18.1. The van der Waals surface area contributed by atoms with Crippen molar-refractivity contribution in [1.29, 1.82) is 0 Å². The molecule has 0 aromatic heterocycles. The Labute approximate surface area is 144 Å². The van der Waals surface area contributed by atoms with Gasteiger partial charge in [-0.05, 0) is 59.4 Å². The van der Waals surface area contributed by atoms with Crippen LogP contribution in [0.3, 0.4) is 0 Å². The van der Waals surface area contributed by atoms with Gasteiger partial charge in [0.05, 0.1) is 0 Å². The van der Waals surface area contributed by atoms with E-state index in [0.29, 0.717) is 5.56 Å². The van der Waals surface area contributed by atoms with Crippen molar-refractivity contribution in [2.45, 2.75) is 58.3 Å². The number of carboxylic acid groups (broad SMARTS) is 1. The van der Waals surface area contributed by atoms with Gasteiger partial charge in [0.15, 0.2) is 5.78 Å². The first-order valence-corrected chi connectivity index (χ1v) is 8.32. The minimum absolute atomic E-state index is 0.0561. The molecule has 3 heteroatoms. The van der Waals surface area contributed by atoms with Crippen molar-refractivity contribution in [3.05, 3.63) is 58.7 Å². The van der Waals surface area contributed by atoms with E-state index < -0.39 is 5.97 Å². The van der Waals surface area contributed by atoms with Gasteiger partial charge < -0.3 is 5.11 Å². The molecule has 0 amide bonds. The summed E-state index contributed by atoms with van der Waals surface area (Å²) in [6, 6.07) is 4.20. The van der Waals surface area contributed by atoms with Crippen molar-refractivity contribution in [2.75, 3.05) is 0 Å². The second kappa shape index (κ2) is 6.39. The van der Waals surface area contributed by atoms with Crippen LogP contribution < -0.4 is 0 Å². The molecule has 0 saturated carbocycles. The molecule has 0 fully saturated rings. The van der Waals surface area contributed by atoms with Crippen molar-refractivity contribution in [3.8, 4) is 0 Å². The van der Waals surface area contributed by atoms with E-state index in [1.165, 1.54) is 29.4 Å². The van der Waals surface area contributed by atoms with Gasteiger partial charge >= 0.3 is 5.97 Å². The van der Waals surface area contributed by atoms with E-state index in [1.807, 2.05) is 13.0 Å². The molecule has 1 aromatic carbocycles. The molecular weight excluding hydrogens is 300 g/mol. The molecule has 0 radical (unpaired) electrons. The van der Waals surface area contributed by atoms with Crippen molar-refractivity contribution in [3.63, 3.8) is 0 Å². The fourth-order valence-corrected chi connectivity index (χ4v) is 3.36. The topological polar surface area (TPSA) is 54.4 Å². The lowest BCUT2D eigenvalue weighted by molar-refractivity contribution is -0.131. The summed E-state index contributed by atoms with van der Waals surface area (Å²) in [6.45, 7) is 11.0. The Hall–Kier alpha value is -2.16. The van der Waals surface area contributed by atoms with E-state index in [0.717, 1.165) is 24.5 Å². The maximum atomic E-state index is 12.5. The summed E-state index contributed by atoms with van der Waals surface area (Å²) >= 11 is 0. The first-order valence-electron chi connectivity index (χ1n) is 8.32. The number of carbonyl (C=O) groups excluding carboxylic acids is 1. The lowest BCUT2D eigenvalue weighted by Crippen LogP contribution is -2.34. The normalized spacial score (nSPS) is 18.7. The van der Waals surface area contributed by atoms with E-state index in [4.69, 9.17) is 5.11 Å². The van der Waals surface area contributed by atoms with Crippen LogP contribution >= 0.6 is 0 Å². The summed E-state index contributed by atoms with van der Waals surface area (Å²) in [7, 11) is 0. The Kier molecular flexibility index (Phi) is 4.84. The Morgan fingerprint density at radius 2 is 1.46 bits per heavy atom. The lowest BCUT2D eigenvalue weighted by Gasteiger charge is -2.42. The molecule has 1 aliphatic carbocycles. The molecule has 0 atom stereocenters. The summed E-state index contributed by atoms with van der Waals surface area (Å²) < 4.78 is 0. The maximum Gasteiger partial charge on any atom is 0.328 e. The molecule has 0 saturated heterocycles. The van der Waals surface area contributed by atoms with E-state index in [1.54, 1.807) is 0 Å². The van der Waals surface area contributed by atoms with E-state index in [2.05, 4.69) is 33.8 Å². The summed E-state index contributed by atoms with van der Waals surface area (Å²) in [5.41, 5.74) is 4.43. The third kappa shape index (κ3) is 3.66. The highest BCUT2D eigenvalue weighted by Crippen LogP contribution is 2.46. The standard InChI is InChI=1S/C21H26O3/c1-14-12-16-17(21(4,5)11-10-20(16,2)3)13-15(14)18(22)8-6-7-9-19(23)24/h6-9,12-13H,10-11H2,1-5H3,(H,23,24). The second-order valence-electron chi connectivity index (χ2n) is 7.90. The van der Waals surface area contributed by atoms with Crippen LogP contribution in [0.25, 0.3) is 0 Å². The highest BCUT2D eigenvalue weighted by molar-refractivity contribution is 6.06. The van der Waals surface area contributed by atoms with Crippen molar-refractivity contribution in [1.82, 2.24) is 0 Å². The van der Waals surface area contributed by atoms with Gasteiger partial charge in [0.2, 0.25) is 0 Å². The Morgan fingerprint density at radius 1 is 0.958 bits per heavy atom. The quantitative estimate of drug-likeness (QED) is 0.494. The number of rotatable bonds is 4. The minimum atomic E-state index is -1.03. The molecule has 0 unspecified atom stereocenters. The molecule has 1 N–H and O–H groups in total. The van der Waals surface area contributed by atoms with E-state index in [9.17, 15) is 9.59 Å². The number of aliphatic carboxylic acids is 1.